The summed E-state index contributed by atoms with van der Waals surface area (Å²) in [6, 6.07) is 10.2. The Morgan fingerprint density at radius 2 is 1.72 bits per heavy atom. The van der Waals surface area contributed by atoms with Crippen molar-refractivity contribution in [2.75, 3.05) is 6.26 Å². The molecule has 0 aliphatic rings. The van der Waals surface area contributed by atoms with E-state index in [1.54, 1.807) is 12.1 Å². The maximum atomic E-state index is 11.5. The average Bonchev–Trinajstić information content (AvgIpc) is 3.03. The lowest BCUT2D eigenvalue weighted by Crippen LogP contribution is -1.97. The maximum Gasteiger partial charge on any atom is 0.335 e. The summed E-state index contributed by atoms with van der Waals surface area (Å²) >= 11 is 6.12. The number of sulfone groups is 1. The minimum atomic E-state index is -3.37. The number of benzene rings is 2. The van der Waals surface area contributed by atoms with Crippen molar-refractivity contribution < 1.29 is 22.7 Å². The fourth-order valence-electron chi connectivity index (χ4n) is 2.10. The van der Waals surface area contributed by atoms with Crippen molar-refractivity contribution in [3.63, 3.8) is 0 Å². The van der Waals surface area contributed by atoms with Crippen LogP contribution in [0.3, 0.4) is 0 Å². The van der Waals surface area contributed by atoms with Gasteiger partial charge in [0.1, 0.15) is 0 Å². The van der Waals surface area contributed by atoms with Gasteiger partial charge in [-0.15, -0.1) is 10.2 Å². The Hall–Kier alpha value is -2.71. The van der Waals surface area contributed by atoms with Gasteiger partial charge in [-0.2, -0.15) is 0 Å². The largest absolute Gasteiger partial charge is 0.478 e. The third-order valence-corrected chi connectivity index (χ3v) is 4.83. The minimum Gasteiger partial charge on any atom is -0.478 e. The van der Waals surface area contributed by atoms with Gasteiger partial charge in [-0.05, 0) is 42.5 Å². The van der Waals surface area contributed by atoms with Crippen LogP contribution in [0.25, 0.3) is 22.9 Å². The van der Waals surface area contributed by atoms with Crippen LogP contribution < -0.4 is 0 Å². The van der Waals surface area contributed by atoms with Gasteiger partial charge in [0.15, 0.2) is 9.84 Å². The van der Waals surface area contributed by atoms with Gasteiger partial charge in [0.2, 0.25) is 11.8 Å². The van der Waals surface area contributed by atoms with E-state index in [1.165, 1.54) is 30.3 Å². The van der Waals surface area contributed by atoms with E-state index in [0.29, 0.717) is 11.1 Å². The highest BCUT2D eigenvalue weighted by atomic mass is 35.5. The first-order valence-electron chi connectivity index (χ1n) is 6.93. The number of carboxylic acids is 1. The lowest BCUT2D eigenvalue weighted by atomic mass is 10.1. The van der Waals surface area contributed by atoms with Crippen molar-refractivity contribution in [2.45, 2.75) is 4.90 Å². The first kappa shape index (κ1) is 17.1. The standard InChI is InChI=1S/C16H11ClN2O5S/c1-25(22,23)11-6-7-12(13(17)8-11)15-19-18-14(24-15)9-2-4-10(5-3-9)16(20)21/h2-8H,1H3,(H,20,21). The Labute approximate surface area is 147 Å². The van der Waals surface area contributed by atoms with Gasteiger partial charge in [0, 0.05) is 11.8 Å². The van der Waals surface area contributed by atoms with Crippen LogP contribution in [0.2, 0.25) is 5.02 Å². The Kier molecular flexibility index (Phi) is 4.32. The highest BCUT2D eigenvalue weighted by Gasteiger charge is 2.16. The molecule has 3 rings (SSSR count). The van der Waals surface area contributed by atoms with Gasteiger partial charge in [-0.25, -0.2) is 13.2 Å². The van der Waals surface area contributed by atoms with Crippen molar-refractivity contribution in [1.29, 1.82) is 0 Å². The second-order valence-corrected chi connectivity index (χ2v) is 7.63. The number of halogens is 1. The molecule has 1 N–H and O–H groups in total. The van der Waals surface area contributed by atoms with E-state index in [2.05, 4.69) is 10.2 Å². The molecule has 25 heavy (non-hydrogen) atoms. The molecule has 0 atom stereocenters. The number of nitrogens with zero attached hydrogens (tertiary/aromatic N) is 2. The molecular weight excluding hydrogens is 368 g/mol. The van der Waals surface area contributed by atoms with Crippen molar-refractivity contribution >= 4 is 27.4 Å². The molecule has 0 unspecified atom stereocenters. The minimum absolute atomic E-state index is 0.0882. The van der Waals surface area contributed by atoms with Crippen molar-refractivity contribution in [2.24, 2.45) is 0 Å². The number of aromatic carboxylic acids is 1. The Bertz CT molecular complexity index is 1060. The molecule has 128 valence electrons. The van der Waals surface area contributed by atoms with E-state index in [-0.39, 0.29) is 27.3 Å². The van der Waals surface area contributed by atoms with Crippen molar-refractivity contribution in [3.05, 3.63) is 53.1 Å². The molecule has 2 aromatic carbocycles. The lowest BCUT2D eigenvalue weighted by Gasteiger charge is -2.02. The molecule has 0 amide bonds. The predicted octanol–water partition coefficient (Wildman–Crippen LogP) is 3.16. The molecular formula is C16H11ClN2O5S. The molecule has 9 heteroatoms. The van der Waals surface area contributed by atoms with Crippen LogP contribution in [-0.4, -0.2) is 35.9 Å². The molecule has 0 spiro atoms. The van der Waals surface area contributed by atoms with Gasteiger partial charge in [0.25, 0.3) is 0 Å². The van der Waals surface area contributed by atoms with Crippen LogP contribution in [0.4, 0.5) is 0 Å². The van der Waals surface area contributed by atoms with Crippen molar-refractivity contribution in [3.8, 4) is 22.9 Å². The summed E-state index contributed by atoms with van der Waals surface area (Å²) < 4.78 is 28.7. The molecule has 0 aliphatic heterocycles. The van der Waals surface area contributed by atoms with Crippen molar-refractivity contribution in [1.82, 2.24) is 10.2 Å². The molecule has 0 radical (unpaired) electrons. The first-order valence-corrected chi connectivity index (χ1v) is 9.20. The lowest BCUT2D eigenvalue weighted by molar-refractivity contribution is 0.0697. The zero-order valence-corrected chi connectivity index (χ0v) is 14.4. The van der Waals surface area contributed by atoms with Crippen LogP contribution in [0, 0.1) is 0 Å². The molecule has 3 aromatic rings. The van der Waals surface area contributed by atoms with Gasteiger partial charge < -0.3 is 9.52 Å². The van der Waals surface area contributed by atoms with Gasteiger partial charge in [0.05, 0.1) is 21.0 Å². The van der Waals surface area contributed by atoms with E-state index in [0.717, 1.165) is 6.26 Å². The zero-order valence-electron chi connectivity index (χ0n) is 12.8. The second-order valence-electron chi connectivity index (χ2n) is 5.21. The monoisotopic (exact) mass is 378 g/mol. The molecule has 7 nitrogen and oxygen atoms in total. The second kappa shape index (κ2) is 6.30. The summed E-state index contributed by atoms with van der Waals surface area (Å²) in [4.78, 5) is 11.0. The van der Waals surface area contributed by atoms with E-state index in [4.69, 9.17) is 21.1 Å². The number of hydrogen-bond acceptors (Lipinski definition) is 6. The summed E-state index contributed by atoms with van der Waals surface area (Å²) in [6.07, 6.45) is 1.09. The smallest absolute Gasteiger partial charge is 0.335 e. The molecule has 0 aliphatic carbocycles. The van der Waals surface area contributed by atoms with Gasteiger partial charge in [-0.3, -0.25) is 0 Å². The summed E-state index contributed by atoms with van der Waals surface area (Å²) in [7, 11) is -3.37. The molecule has 0 bridgehead atoms. The van der Waals surface area contributed by atoms with Crippen LogP contribution >= 0.6 is 11.6 Å². The Morgan fingerprint density at radius 1 is 1.08 bits per heavy atom. The average molecular weight is 379 g/mol. The Balaban J connectivity index is 1.95. The first-order chi connectivity index (χ1) is 11.8. The normalized spacial score (nSPS) is 11.4. The number of carboxylic acid groups (broad SMARTS) is 1. The molecule has 1 heterocycles. The van der Waals surface area contributed by atoms with Crippen LogP contribution in [0.15, 0.2) is 51.8 Å². The summed E-state index contributed by atoms with van der Waals surface area (Å²) in [5.41, 5.74) is 1.09. The maximum absolute atomic E-state index is 11.5. The van der Waals surface area contributed by atoms with E-state index in [9.17, 15) is 13.2 Å². The fraction of sp³-hybridized carbons (Fsp3) is 0.0625. The molecule has 0 saturated heterocycles. The number of rotatable bonds is 4. The topological polar surface area (TPSA) is 110 Å². The quantitative estimate of drug-likeness (QED) is 0.742. The molecule has 1 aromatic heterocycles. The van der Waals surface area contributed by atoms with Gasteiger partial charge >= 0.3 is 5.97 Å². The van der Waals surface area contributed by atoms with E-state index < -0.39 is 15.8 Å². The summed E-state index contributed by atoms with van der Waals surface area (Å²) in [5.74, 6) is -0.715. The third-order valence-electron chi connectivity index (χ3n) is 3.40. The fourth-order valence-corrected chi connectivity index (χ4v) is 3.08. The molecule has 0 fully saturated rings. The highest BCUT2D eigenvalue weighted by molar-refractivity contribution is 7.90. The number of carbonyl (C=O) groups is 1. The Morgan fingerprint density at radius 3 is 2.28 bits per heavy atom. The predicted molar refractivity (Wildman–Crippen MR) is 90.2 cm³/mol. The summed E-state index contributed by atoms with van der Waals surface area (Å²) in [5, 5.41) is 16.9. The highest BCUT2D eigenvalue weighted by Crippen LogP contribution is 2.31. The van der Waals surface area contributed by atoms with E-state index in [1.807, 2.05) is 0 Å². The summed E-state index contributed by atoms with van der Waals surface area (Å²) in [6.45, 7) is 0. The zero-order chi connectivity index (χ0) is 18.2. The van der Waals surface area contributed by atoms with Crippen LogP contribution in [0.5, 0.6) is 0 Å². The SMILES string of the molecule is CS(=O)(=O)c1ccc(-c2nnc(-c3ccc(C(=O)O)cc3)o2)c(Cl)c1. The number of hydrogen-bond donors (Lipinski definition) is 1. The molecule has 0 saturated carbocycles. The number of aromatic nitrogens is 2. The van der Waals surface area contributed by atoms with Crippen LogP contribution in [0.1, 0.15) is 10.4 Å². The van der Waals surface area contributed by atoms with Crippen LogP contribution in [-0.2, 0) is 9.84 Å². The third kappa shape index (κ3) is 3.54. The van der Waals surface area contributed by atoms with E-state index >= 15 is 0 Å². The van der Waals surface area contributed by atoms with Gasteiger partial charge in [-0.1, -0.05) is 11.6 Å².